The zero-order chi connectivity index (χ0) is 22.8. The molecule has 2 aliphatic rings. The first-order valence-electron chi connectivity index (χ1n) is 11.7. The van der Waals surface area contributed by atoms with Crippen LogP contribution in [0.5, 0.6) is 5.75 Å². The Morgan fingerprint density at radius 1 is 0.824 bits per heavy atom. The maximum atomic E-state index is 5.44. The molecule has 0 radical (unpaired) electrons. The summed E-state index contributed by atoms with van der Waals surface area (Å²) in [5.41, 5.74) is 12.5. The Morgan fingerprint density at radius 3 is 2.53 bits per heavy atom. The molecule has 7 rings (SSSR count). The van der Waals surface area contributed by atoms with Crippen LogP contribution in [-0.2, 0) is 0 Å². The predicted molar refractivity (Wildman–Crippen MR) is 140 cm³/mol. The van der Waals surface area contributed by atoms with Crippen LogP contribution >= 0.6 is 0 Å². The Labute approximate surface area is 198 Å². The third-order valence-corrected chi connectivity index (χ3v) is 7.22. The monoisotopic (exact) mass is 440 g/mol. The second-order valence-electron chi connectivity index (χ2n) is 9.15. The Bertz CT molecular complexity index is 1610. The summed E-state index contributed by atoms with van der Waals surface area (Å²) in [6.07, 6.45) is 4.54. The molecule has 0 saturated carbocycles. The highest BCUT2D eigenvalue weighted by Crippen LogP contribution is 2.53. The lowest BCUT2D eigenvalue weighted by Crippen LogP contribution is -2.31. The fourth-order valence-electron chi connectivity index (χ4n) is 5.67. The highest BCUT2D eigenvalue weighted by atomic mass is 16.5. The summed E-state index contributed by atoms with van der Waals surface area (Å²) < 4.78 is 5.44. The number of H-pyrrole nitrogens is 1. The van der Waals surface area contributed by atoms with Gasteiger partial charge < -0.3 is 14.6 Å². The Kier molecular flexibility index (Phi) is 4.04. The number of rotatable bonds is 2. The van der Waals surface area contributed by atoms with Crippen LogP contribution in [0.3, 0.4) is 0 Å². The fraction of sp³-hybridized carbons (Fsp3) is 0.0968. The van der Waals surface area contributed by atoms with Crippen LogP contribution in [0.25, 0.3) is 33.8 Å². The van der Waals surface area contributed by atoms with Crippen molar-refractivity contribution in [2.24, 2.45) is 0 Å². The third kappa shape index (κ3) is 2.64. The number of anilines is 1. The fourth-order valence-corrected chi connectivity index (χ4v) is 5.67. The van der Waals surface area contributed by atoms with Gasteiger partial charge in [-0.05, 0) is 77.7 Å². The van der Waals surface area contributed by atoms with Crippen LogP contribution < -0.4 is 9.64 Å². The molecule has 0 bridgehead atoms. The normalized spacial score (nSPS) is 15.8. The molecule has 3 heterocycles. The van der Waals surface area contributed by atoms with E-state index in [1.54, 1.807) is 7.11 Å². The Hall–Kier alpha value is -4.24. The molecule has 4 aromatic carbocycles. The van der Waals surface area contributed by atoms with Crippen molar-refractivity contribution < 1.29 is 4.74 Å². The van der Waals surface area contributed by atoms with Crippen LogP contribution in [0.1, 0.15) is 33.9 Å². The van der Waals surface area contributed by atoms with E-state index < -0.39 is 0 Å². The maximum absolute atomic E-state index is 5.44. The summed E-state index contributed by atoms with van der Waals surface area (Å²) in [6, 6.07) is 30.7. The topological polar surface area (TPSA) is 28.3 Å². The zero-order valence-electron chi connectivity index (χ0n) is 19.2. The number of aryl methyl sites for hydroxylation is 1. The lowest BCUT2D eigenvalue weighted by atomic mass is 9.87. The molecular weight excluding hydrogens is 416 g/mol. The van der Waals surface area contributed by atoms with E-state index in [4.69, 9.17) is 4.74 Å². The highest BCUT2D eigenvalue weighted by Gasteiger charge is 2.37. The van der Waals surface area contributed by atoms with Gasteiger partial charge in [0.25, 0.3) is 0 Å². The maximum Gasteiger partial charge on any atom is 0.118 e. The largest absolute Gasteiger partial charge is 0.497 e. The first kappa shape index (κ1) is 19.2. The van der Waals surface area contributed by atoms with E-state index in [1.807, 2.05) is 12.1 Å². The van der Waals surface area contributed by atoms with E-state index >= 15 is 0 Å². The molecule has 1 atom stereocenters. The van der Waals surface area contributed by atoms with Gasteiger partial charge in [0.2, 0.25) is 0 Å². The van der Waals surface area contributed by atoms with Crippen molar-refractivity contribution in [3.8, 4) is 16.9 Å². The quantitative estimate of drug-likeness (QED) is 0.307. The SMILES string of the molecule is COc1ccc(C2=Cc3ccccc3C3c4c[nH]c5cccc(c45)-c4cc(C)ccc4N23)cc1. The van der Waals surface area contributed by atoms with Gasteiger partial charge in [0.1, 0.15) is 5.75 Å². The van der Waals surface area contributed by atoms with Crippen LogP contribution in [0.15, 0.2) is 91.1 Å². The van der Waals surface area contributed by atoms with Gasteiger partial charge in [-0.2, -0.15) is 0 Å². The van der Waals surface area contributed by atoms with Gasteiger partial charge in [0.05, 0.1) is 13.2 Å². The molecule has 1 aromatic heterocycles. The van der Waals surface area contributed by atoms with Crippen LogP contribution in [0, 0.1) is 6.92 Å². The molecule has 5 aromatic rings. The molecule has 3 nitrogen and oxygen atoms in total. The molecule has 34 heavy (non-hydrogen) atoms. The van der Waals surface area contributed by atoms with Gasteiger partial charge in [-0.25, -0.2) is 0 Å². The van der Waals surface area contributed by atoms with Gasteiger partial charge in [-0.15, -0.1) is 0 Å². The lowest BCUT2D eigenvalue weighted by molar-refractivity contribution is 0.415. The number of fused-ring (bicyclic) bond motifs is 7. The standard InChI is InChI=1S/C31H24N2O/c1-19-10-15-28-25(16-19)24-8-5-9-27-30(24)26(18-32-27)31-23-7-4-3-6-21(23)17-29(33(28)31)20-11-13-22(34-2)14-12-20/h3-18,31-32H,1-2H3. The zero-order valence-corrected chi connectivity index (χ0v) is 19.2. The van der Waals surface area contributed by atoms with Gasteiger partial charge >= 0.3 is 0 Å². The number of ether oxygens (including phenoxy) is 1. The van der Waals surface area contributed by atoms with E-state index in [9.17, 15) is 0 Å². The van der Waals surface area contributed by atoms with E-state index in [0.717, 1.165) is 5.75 Å². The second-order valence-corrected chi connectivity index (χ2v) is 9.15. The average molecular weight is 441 g/mol. The summed E-state index contributed by atoms with van der Waals surface area (Å²) in [7, 11) is 1.71. The molecule has 1 N–H and O–H groups in total. The van der Waals surface area contributed by atoms with Crippen LogP contribution in [0.4, 0.5) is 5.69 Å². The van der Waals surface area contributed by atoms with Crippen molar-refractivity contribution in [1.29, 1.82) is 0 Å². The number of nitrogens with one attached hydrogen (secondary N) is 1. The Balaban J connectivity index is 1.60. The second kappa shape index (κ2) is 7.13. The minimum absolute atomic E-state index is 0.0668. The number of aromatic amines is 1. The number of benzene rings is 4. The number of aromatic nitrogens is 1. The van der Waals surface area contributed by atoms with Gasteiger partial charge in [-0.1, -0.05) is 48.0 Å². The molecule has 1 unspecified atom stereocenters. The molecule has 164 valence electrons. The smallest absolute Gasteiger partial charge is 0.118 e. The van der Waals surface area contributed by atoms with E-state index in [1.165, 1.54) is 61.2 Å². The highest BCUT2D eigenvalue weighted by molar-refractivity contribution is 6.07. The summed E-state index contributed by atoms with van der Waals surface area (Å²) in [5, 5.41) is 1.31. The number of nitrogens with zero attached hydrogens (tertiary/aromatic N) is 1. The molecule has 0 spiro atoms. The molecule has 3 heteroatoms. The molecule has 0 fully saturated rings. The molecule has 2 aliphatic heterocycles. The third-order valence-electron chi connectivity index (χ3n) is 7.22. The first-order valence-corrected chi connectivity index (χ1v) is 11.7. The summed E-state index contributed by atoms with van der Waals surface area (Å²) in [6.45, 7) is 2.17. The van der Waals surface area contributed by atoms with E-state index in [0.29, 0.717) is 0 Å². The van der Waals surface area contributed by atoms with Crippen molar-refractivity contribution in [2.75, 3.05) is 12.0 Å². The average Bonchev–Trinajstić information content (AvgIpc) is 3.27. The molecule has 0 saturated heterocycles. The molecule has 0 aliphatic carbocycles. The summed E-state index contributed by atoms with van der Waals surface area (Å²) in [4.78, 5) is 6.09. The molecule has 0 amide bonds. The van der Waals surface area contributed by atoms with Crippen molar-refractivity contribution in [1.82, 2.24) is 4.98 Å². The van der Waals surface area contributed by atoms with Crippen molar-refractivity contribution in [3.05, 3.63) is 119 Å². The number of hydrogen-bond acceptors (Lipinski definition) is 2. The van der Waals surface area contributed by atoms with Gasteiger partial charge in [0.15, 0.2) is 0 Å². The van der Waals surface area contributed by atoms with Gasteiger partial charge in [-0.3, -0.25) is 0 Å². The minimum atomic E-state index is 0.0668. The first-order chi connectivity index (χ1) is 16.7. The Morgan fingerprint density at radius 2 is 1.68 bits per heavy atom. The van der Waals surface area contributed by atoms with Gasteiger partial charge in [0, 0.05) is 39.6 Å². The summed E-state index contributed by atoms with van der Waals surface area (Å²) in [5.74, 6) is 0.865. The van der Waals surface area contributed by atoms with Crippen molar-refractivity contribution in [2.45, 2.75) is 13.0 Å². The van der Waals surface area contributed by atoms with Crippen molar-refractivity contribution >= 4 is 28.4 Å². The van der Waals surface area contributed by atoms with E-state index in [2.05, 4.69) is 102 Å². The van der Waals surface area contributed by atoms with E-state index in [-0.39, 0.29) is 6.04 Å². The van der Waals surface area contributed by atoms with Crippen LogP contribution in [0.2, 0.25) is 0 Å². The number of hydrogen-bond donors (Lipinski definition) is 1. The minimum Gasteiger partial charge on any atom is -0.497 e. The molecular formula is C31H24N2O. The summed E-state index contributed by atoms with van der Waals surface area (Å²) >= 11 is 0. The lowest BCUT2D eigenvalue weighted by Gasteiger charge is -2.39. The van der Waals surface area contributed by atoms with Crippen molar-refractivity contribution in [3.63, 3.8) is 0 Å². The van der Waals surface area contributed by atoms with Crippen LogP contribution in [-0.4, -0.2) is 12.1 Å². The number of methoxy groups -OCH3 is 1. The predicted octanol–water partition coefficient (Wildman–Crippen LogP) is 7.57.